The smallest absolute Gasteiger partial charge is 0.241 e. The van der Waals surface area contributed by atoms with E-state index in [4.69, 9.17) is 0 Å². The van der Waals surface area contributed by atoms with E-state index < -0.39 is 27.4 Å². The Kier molecular flexibility index (Phi) is 11.8. The number of carbonyl (C=O) groups excluding carboxylic acids is 1. The van der Waals surface area contributed by atoms with Crippen molar-refractivity contribution in [1.29, 1.82) is 0 Å². The van der Waals surface area contributed by atoms with Crippen molar-refractivity contribution in [2.24, 2.45) is 5.92 Å². The predicted octanol–water partition coefficient (Wildman–Crippen LogP) is 10.1. The summed E-state index contributed by atoms with van der Waals surface area (Å²) in [7, 11) is -4.03. The van der Waals surface area contributed by atoms with Crippen molar-refractivity contribution >= 4 is 37.3 Å². The number of allylic oxidation sites excluding steroid dienone is 2. The number of hydrogen-bond donors (Lipinski definition) is 1. The van der Waals surface area contributed by atoms with Gasteiger partial charge < -0.3 is 0 Å². The molecule has 0 aliphatic heterocycles. The minimum Gasteiger partial charge on any atom is -0.300 e. The molecule has 0 aliphatic rings. The van der Waals surface area contributed by atoms with Crippen LogP contribution in [-0.2, 0) is 20.2 Å². The van der Waals surface area contributed by atoms with Gasteiger partial charge in [-0.25, -0.2) is 13.1 Å². The minimum atomic E-state index is -4.03. The highest BCUT2D eigenvalue weighted by Crippen LogP contribution is 2.42. The van der Waals surface area contributed by atoms with Gasteiger partial charge in [0.15, 0.2) is 0 Å². The van der Waals surface area contributed by atoms with Gasteiger partial charge in [-0.15, -0.1) is 0 Å². The number of halogens is 1. The van der Waals surface area contributed by atoms with E-state index in [1.165, 1.54) is 0 Å². The van der Waals surface area contributed by atoms with Gasteiger partial charge >= 0.3 is 0 Å². The first-order chi connectivity index (χ1) is 23.9. The van der Waals surface area contributed by atoms with Gasteiger partial charge in [0.1, 0.15) is 5.78 Å². The SMILES string of the molecule is CC(=O)[C@@H](CC(C#C/C=C(\C)c1ccccc1)(c1ccc(C)cc1)c1ccc(C)cc1)[C@H](NS(=O)(=O)c1ccc(C)cc1)c1ccc(Br)cc1. The molecule has 0 fully saturated rings. The van der Waals surface area contributed by atoms with Crippen molar-refractivity contribution in [3.8, 4) is 11.8 Å². The second kappa shape index (κ2) is 16.0. The summed E-state index contributed by atoms with van der Waals surface area (Å²) in [5.74, 6) is 6.09. The third-order valence-corrected chi connectivity index (χ3v) is 11.2. The Balaban J connectivity index is 1.73. The van der Waals surface area contributed by atoms with E-state index in [1.807, 2.05) is 76.2 Å². The average molecular weight is 745 g/mol. The lowest BCUT2D eigenvalue weighted by atomic mass is 9.67. The monoisotopic (exact) mass is 743 g/mol. The number of hydrogen-bond acceptors (Lipinski definition) is 3. The molecule has 5 aromatic carbocycles. The van der Waals surface area contributed by atoms with Gasteiger partial charge in [-0.2, -0.15) is 0 Å². The molecule has 2 atom stereocenters. The van der Waals surface area contributed by atoms with Crippen LogP contribution < -0.4 is 4.72 Å². The molecule has 0 aromatic heterocycles. The Morgan fingerprint density at radius 3 is 1.74 bits per heavy atom. The van der Waals surface area contributed by atoms with Crippen LogP contribution in [0.15, 0.2) is 143 Å². The first kappa shape index (κ1) is 36.7. The lowest BCUT2D eigenvalue weighted by Gasteiger charge is -2.36. The number of nitrogens with one attached hydrogen (secondary N) is 1. The van der Waals surface area contributed by atoms with E-state index in [0.29, 0.717) is 5.56 Å². The summed E-state index contributed by atoms with van der Waals surface area (Å²) in [6, 6.07) is 39.9. The molecule has 0 bridgehead atoms. The number of Topliss-reactive ketones (excluding diaryl/α,β-unsaturated/α-hetero) is 1. The van der Waals surface area contributed by atoms with Crippen LogP contribution in [0.25, 0.3) is 5.57 Å². The second-order valence-electron chi connectivity index (χ2n) is 13.0. The molecule has 0 unspecified atom stereocenters. The van der Waals surface area contributed by atoms with Crippen LogP contribution in [0, 0.1) is 38.5 Å². The Morgan fingerprint density at radius 1 is 0.740 bits per heavy atom. The number of rotatable bonds is 11. The quantitative estimate of drug-likeness (QED) is 0.137. The summed E-state index contributed by atoms with van der Waals surface area (Å²) in [6.45, 7) is 9.56. The highest BCUT2D eigenvalue weighted by molar-refractivity contribution is 9.10. The largest absolute Gasteiger partial charge is 0.300 e. The van der Waals surface area contributed by atoms with Crippen molar-refractivity contribution in [3.05, 3.63) is 177 Å². The Morgan fingerprint density at radius 2 is 1.24 bits per heavy atom. The Hall–Kier alpha value is -4.54. The van der Waals surface area contributed by atoms with E-state index >= 15 is 0 Å². The van der Waals surface area contributed by atoms with Crippen molar-refractivity contribution < 1.29 is 13.2 Å². The van der Waals surface area contributed by atoms with Gasteiger partial charge in [-0.05, 0) is 99.2 Å². The first-order valence-electron chi connectivity index (χ1n) is 16.6. The predicted molar refractivity (Wildman–Crippen MR) is 208 cm³/mol. The van der Waals surface area contributed by atoms with Crippen LogP contribution >= 0.6 is 15.9 Å². The molecule has 0 aliphatic carbocycles. The number of carbonyl (C=O) groups is 1. The molecular weight excluding hydrogens is 702 g/mol. The van der Waals surface area contributed by atoms with Gasteiger partial charge in [0.05, 0.1) is 16.4 Å². The maximum atomic E-state index is 14.0. The fourth-order valence-electron chi connectivity index (χ4n) is 6.16. The van der Waals surface area contributed by atoms with Gasteiger partial charge in [0.2, 0.25) is 10.0 Å². The maximum absolute atomic E-state index is 14.0. The summed E-state index contributed by atoms with van der Waals surface area (Å²) in [4.78, 5) is 14.1. The molecule has 5 rings (SSSR count). The van der Waals surface area contributed by atoms with E-state index in [2.05, 4.69) is 93.2 Å². The van der Waals surface area contributed by atoms with Crippen LogP contribution in [-0.4, -0.2) is 14.2 Å². The zero-order chi connectivity index (χ0) is 35.9. The van der Waals surface area contributed by atoms with Gasteiger partial charge in [-0.3, -0.25) is 4.79 Å². The van der Waals surface area contributed by atoms with Crippen molar-refractivity contribution in [3.63, 3.8) is 0 Å². The zero-order valence-corrected chi connectivity index (χ0v) is 31.5. The van der Waals surface area contributed by atoms with Crippen LogP contribution in [0.3, 0.4) is 0 Å². The van der Waals surface area contributed by atoms with E-state index in [9.17, 15) is 13.2 Å². The normalized spacial score (nSPS) is 13.2. The molecule has 254 valence electrons. The molecule has 0 heterocycles. The van der Waals surface area contributed by atoms with Crippen molar-refractivity contribution in [1.82, 2.24) is 4.72 Å². The van der Waals surface area contributed by atoms with Crippen molar-refractivity contribution in [2.75, 3.05) is 0 Å². The van der Waals surface area contributed by atoms with Gasteiger partial charge in [0.25, 0.3) is 0 Å². The van der Waals surface area contributed by atoms with Gasteiger partial charge in [0, 0.05) is 10.4 Å². The molecule has 0 spiro atoms. The standard InChI is InChI=1S/C44H42BrNO3S/c1-31-13-21-38(22-14-31)44(39-23-15-32(2)16-24-39,29-9-10-34(4)36-11-7-6-8-12-36)30-42(35(5)47)43(37-19-25-40(45)26-20-37)46-50(48,49)41-27-17-33(3)18-28-41/h6-8,10-28,42-43,46H,30H2,1-5H3/b34-10+/t42-,43-/m1/s1. The number of ketones is 1. The third-order valence-electron chi connectivity index (χ3n) is 9.19. The minimum absolute atomic E-state index is 0.136. The highest BCUT2D eigenvalue weighted by atomic mass is 79.9. The summed E-state index contributed by atoms with van der Waals surface area (Å²) in [6.07, 6.45) is 2.14. The summed E-state index contributed by atoms with van der Waals surface area (Å²) in [5.41, 5.74) is 6.78. The van der Waals surface area contributed by atoms with Crippen LogP contribution in [0.4, 0.5) is 0 Å². The fraction of sp³-hybridized carbons (Fsp3) is 0.205. The molecule has 1 N–H and O–H groups in total. The summed E-state index contributed by atoms with van der Waals surface area (Å²) >= 11 is 3.51. The highest BCUT2D eigenvalue weighted by Gasteiger charge is 2.41. The van der Waals surface area contributed by atoms with Crippen LogP contribution in [0.5, 0.6) is 0 Å². The van der Waals surface area contributed by atoms with Gasteiger partial charge in [-0.1, -0.05) is 148 Å². The Labute approximate surface area is 305 Å². The second-order valence-corrected chi connectivity index (χ2v) is 15.6. The Bertz CT molecular complexity index is 2080. The molecule has 0 saturated heterocycles. The first-order valence-corrected chi connectivity index (χ1v) is 18.9. The maximum Gasteiger partial charge on any atom is 0.241 e. The van der Waals surface area contributed by atoms with E-state index in [-0.39, 0.29) is 17.1 Å². The lowest BCUT2D eigenvalue weighted by molar-refractivity contribution is -0.122. The van der Waals surface area contributed by atoms with Crippen molar-refractivity contribution in [2.45, 2.75) is 57.4 Å². The molecule has 50 heavy (non-hydrogen) atoms. The molecule has 0 amide bonds. The summed E-state index contributed by atoms with van der Waals surface area (Å²) < 4.78 is 31.8. The molecule has 0 saturated carbocycles. The lowest BCUT2D eigenvalue weighted by Crippen LogP contribution is -2.40. The molecule has 5 aromatic rings. The third kappa shape index (κ3) is 8.78. The number of sulfonamides is 1. The fourth-order valence-corrected chi connectivity index (χ4v) is 7.69. The van der Waals surface area contributed by atoms with E-state index in [1.54, 1.807) is 31.2 Å². The molecule has 6 heteroatoms. The molecule has 4 nitrogen and oxygen atoms in total. The number of aryl methyl sites for hydroxylation is 3. The zero-order valence-electron chi connectivity index (χ0n) is 29.1. The number of benzene rings is 5. The van der Waals surface area contributed by atoms with Crippen LogP contribution in [0.1, 0.15) is 65.3 Å². The van der Waals surface area contributed by atoms with Crippen LogP contribution in [0.2, 0.25) is 0 Å². The average Bonchev–Trinajstić information content (AvgIpc) is 3.10. The van der Waals surface area contributed by atoms with E-state index in [0.717, 1.165) is 43.4 Å². The topological polar surface area (TPSA) is 63.2 Å². The summed E-state index contributed by atoms with van der Waals surface area (Å²) in [5, 5.41) is 0. The molecular formula is C44H42BrNO3S. The molecule has 0 radical (unpaired) electrons.